The van der Waals surface area contributed by atoms with Crippen molar-refractivity contribution in [1.29, 1.82) is 0 Å². The van der Waals surface area contributed by atoms with E-state index in [1.54, 1.807) is 24.5 Å². The molecule has 1 aromatic heterocycles. The molecule has 1 atom stereocenters. The minimum absolute atomic E-state index is 0.232. The van der Waals surface area contributed by atoms with Crippen molar-refractivity contribution in [2.24, 2.45) is 5.73 Å². The van der Waals surface area contributed by atoms with Crippen LogP contribution < -0.4 is 15.5 Å². The molecule has 0 bridgehead atoms. The molecule has 9 heteroatoms. The molecule has 2 N–H and O–H groups in total. The van der Waals surface area contributed by atoms with Gasteiger partial charge in [-0.05, 0) is 24.6 Å². The number of rotatable bonds is 4. The second-order valence-electron chi connectivity index (χ2n) is 6.74. The molecule has 0 radical (unpaired) electrons. The SMILES string of the molecule is NC[C@H]1CN(c2ccc(-c3cnc(N4CCCOCC4)nc3)c(F)c2)C(=O)O1. The number of ether oxygens (including phenoxy) is 2. The van der Waals surface area contributed by atoms with Crippen LogP contribution in [0.4, 0.5) is 20.8 Å². The Morgan fingerprint density at radius 3 is 2.75 bits per heavy atom. The summed E-state index contributed by atoms with van der Waals surface area (Å²) in [6.07, 6.45) is 3.25. The average molecular weight is 387 g/mol. The van der Waals surface area contributed by atoms with Crippen LogP contribution in [0.2, 0.25) is 0 Å². The van der Waals surface area contributed by atoms with Crippen molar-refractivity contribution in [1.82, 2.24) is 9.97 Å². The largest absolute Gasteiger partial charge is 0.443 e. The molecule has 4 rings (SSSR count). The highest BCUT2D eigenvalue weighted by atomic mass is 19.1. The highest BCUT2D eigenvalue weighted by Crippen LogP contribution is 2.29. The van der Waals surface area contributed by atoms with Gasteiger partial charge < -0.3 is 20.1 Å². The normalized spacial score (nSPS) is 20.2. The third kappa shape index (κ3) is 3.76. The molecule has 0 spiro atoms. The van der Waals surface area contributed by atoms with Crippen LogP contribution in [-0.4, -0.2) is 61.6 Å². The summed E-state index contributed by atoms with van der Waals surface area (Å²) in [6.45, 7) is 3.49. The second-order valence-corrected chi connectivity index (χ2v) is 6.74. The molecule has 3 heterocycles. The van der Waals surface area contributed by atoms with Crippen LogP contribution in [0.5, 0.6) is 0 Å². The van der Waals surface area contributed by atoms with Gasteiger partial charge in [0.05, 0.1) is 18.8 Å². The zero-order valence-corrected chi connectivity index (χ0v) is 15.4. The predicted molar refractivity (Wildman–Crippen MR) is 102 cm³/mol. The number of halogens is 1. The van der Waals surface area contributed by atoms with E-state index in [1.165, 1.54) is 11.0 Å². The monoisotopic (exact) mass is 387 g/mol. The zero-order chi connectivity index (χ0) is 19.5. The Morgan fingerprint density at radius 1 is 1.21 bits per heavy atom. The van der Waals surface area contributed by atoms with Crippen molar-refractivity contribution in [3.05, 3.63) is 36.4 Å². The number of anilines is 2. The summed E-state index contributed by atoms with van der Waals surface area (Å²) in [5.74, 6) is 0.153. The summed E-state index contributed by atoms with van der Waals surface area (Å²) >= 11 is 0. The summed E-state index contributed by atoms with van der Waals surface area (Å²) < 4.78 is 25.3. The van der Waals surface area contributed by atoms with Crippen LogP contribution >= 0.6 is 0 Å². The van der Waals surface area contributed by atoms with Crippen LogP contribution in [0.25, 0.3) is 11.1 Å². The molecule has 1 aromatic carbocycles. The minimum Gasteiger partial charge on any atom is -0.443 e. The van der Waals surface area contributed by atoms with Gasteiger partial charge in [0.25, 0.3) is 0 Å². The number of nitrogens with two attached hydrogens (primary N) is 1. The summed E-state index contributed by atoms with van der Waals surface area (Å²) in [7, 11) is 0. The molecule has 2 fully saturated rings. The second kappa shape index (κ2) is 8.07. The maximum absolute atomic E-state index is 14.7. The first kappa shape index (κ1) is 18.6. The topological polar surface area (TPSA) is 93.8 Å². The minimum atomic E-state index is -0.517. The number of carbonyl (C=O) groups excluding carboxylic acids is 1. The fourth-order valence-electron chi connectivity index (χ4n) is 3.33. The smallest absolute Gasteiger partial charge is 0.414 e. The van der Waals surface area contributed by atoms with E-state index in [9.17, 15) is 9.18 Å². The predicted octanol–water partition coefficient (Wildman–Crippen LogP) is 1.79. The lowest BCUT2D eigenvalue weighted by molar-refractivity contribution is 0.145. The van der Waals surface area contributed by atoms with Crippen LogP contribution in [0.3, 0.4) is 0 Å². The number of hydrogen-bond donors (Lipinski definition) is 1. The van der Waals surface area contributed by atoms with E-state index in [4.69, 9.17) is 15.2 Å². The molecular formula is C19H22FN5O3. The van der Waals surface area contributed by atoms with Crippen LogP contribution in [0, 0.1) is 5.82 Å². The van der Waals surface area contributed by atoms with Gasteiger partial charge >= 0.3 is 6.09 Å². The number of carbonyl (C=O) groups is 1. The Labute approximate surface area is 162 Å². The Morgan fingerprint density at radius 2 is 2.04 bits per heavy atom. The van der Waals surface area contributed by atoms with Crippen molar-refractivity contribution in [3.8, 4) is 11.1 Å². The molecule has 2 aliphatic rings. The van der Waals surface area contributed by atoms with Crippen molar-refractivity contribution in [3.63, 3.8) is 0 Å². The molecule has 1 amide bonds. The van der Waals surface area contributed by atoms with Crippen LogP contribution in [0.15, 0.2) is 30.6 Å². The summed E-state index contributed by atoms with van der Waals surface area (Å²) in [6, 6.07) is 4.61. The van der Waals surface area contributed by atoms with Gasteiger partial charge in [-0.3, -0.25) is 4.90 Å². The summed E-state index contributed by atoms with van der Waals surface area (Å²) in [5.41, 5.74) is 6.92. The third-order valence-electron chi connectivity index (χ3n) is 4.86. The fourth-order valence-corrected chi connectivity index (χ4v) is 3.33. The number of benzene rings is 1. The van der Waals surface area contributed by atoms with E-state index in [0.717, 1.165) is 26.1 Å². The lowest BCUT2D eigenvalue weighted by atomic mass is 10.1. The van der Waals surface area contributed by atoms with Gasteiger partial charge in [-0.2, -0.15) is 0 Å². The lowest BCUT2D eigenvalue weighted by Crippen LogP contribution is -2.27. The molecule has 148 valence electrons. The van der Waals surface area contributed by atoms with Gasteiger partial charge in [-0.15, -0.1) is 0 Å². The molecule has 8 nitrogen and oxygen atoms in total. The first-order chi connectivity index (χ1) is 13.7. The molecule has 28 heavy (non-hydrogen) atoms. The van der Waals surface area contributed by atoms with E-state index >= 15 is 0 Å². The Bertz CT molecular complexity index is 840. The van der Waals surface area contributed by atoms with Gasteiger partial charge in [0.1, 0.15) is 11.9 Å². The molecule has 0 aliphatic carbocycles. The first-order valence-corrected chi connectivity index (χ1v) is 9.28. The Kier molecular flexibility index (Phi) is 5.36. The van der Waals surface area contributed by atoms with E-state index in [1.807, 2.05) is 0 Å². The number of aromatic nitrogens is 2. The fraction of sp³-hybridized carbons (Fsp3) is 0.421. The van der Waals surface area contributed by atoms with Crippen molar-refractivity contribution in [2.45, 2.75) is 12.5 Å². The number of hydrogen-bond acceptors (Lipinski definition) is 7. The lowest BCUT2D eigenvalue weighted by Gasteiger charge is -2.19. The van der Waals surface area contributed by atoms with Gasteiger partial charge in [-0.1, -0.05) is 0 Å². The van der Waals surface area contributed by atoms with Crippen molar-refractivity contribution < 1.29 is 18.7 Å². The molecule has 2 saturated heterocycles. The van der Waals surface area contributed by atoms with E-state index in [2.05, 4.69) is 14.9 Å². The van der Waals surface area contributed by atoms with E-state index in [-0.39, 0.29) is 12.6 Å². The number of amides is 1. The van der Waals surface area contributed by atoms with Gasteiger partial charge in [0.15, 0.2) is 0 Å². The van der Waals surface area contributed by atoms with Gasteiger partial charge in [0, 0.05) is 49.8 Å². The molecule has 0 saturated carbocycles. The van der Waals surface area contributed by atoms with E-state index < -0.39 is 11.9 Å². The average Bonchev–Trinajstić information content (AvgIpc) is 2.91. The molecule has 2 aromatic rings. The third-order valence-corrected chi connectivity index (χ3v) is 4.86. The summed E-state index contributed by atoms with van der Waals surface area (Å²) in [5, 5.41) is 0. The van der Waals surface area contributed by atoms with E-state index in [0.29, 0.717) is 35.9 Å². The van der Waals surface area contributed by atoms with Gasteiger partial charge in [0.2, 0.25) is 5.95 Å². The van der Waals surface area contributed by atoms with Gasteiger partial charge in [-0.25, -0.2) is 19.2 Å². The maximum atomic E-state index is 14.7. The standard InChI is InChI=1S/C19H22FN5O3/c20-17-8-14(25-12-15(9-21)28-19(25)26)2-3-16(17)13-10-22-18(23-11-13)24-4-1-6-27-7-5-24/h2-3,8,10-11,15H,1,4-7,9,12,21H2/t15-/m0/s1. The van der Waals surface area contributed by atoms with Crippen LogP contribution in [-0.2, 0) is 9.47 Å². The quantitative estimate of drug-likeness (QED) is 0.855. The maximum Gasteiger partial charge on any atom is 0.414 e. The first-order valence-electron chi connectivity index (χ1n) is 9.28. The summed E-state index contributed by atoms with van der Waals surface area (Å²) in [4.78, 5) is 24.1. The highest BCUT2D eigenvalue weighted by molar-refractivity contribution is 5.90. The highest BCUT2D eigenvalue weighted by Gasteiger charge is 2.31. The van der Waals surface area contributed by atoms with Crippen molar-refractivity contribution >= 4 is 17.7 Å². The number of cyclic esters (lactones) is 1. The Hall–Kier alpha value is -2.78. The molecule has 0 unspecified atom stereocenters. The zero-order valence-electron chi connectivity index (χ0n) is 15.4. The molecule has 2 aliphatic heterocycles. The van der Waals surface area contributed by atoms with Crippen LogP contribution in [0.1, 0.15) is 6.42 Å². The van der Waals surface area contributed by atoms with Crippen molar-refractivity contribution in [2.75, 3.05) is 49.2 Å². The number of nitrogens with zero attached hydrogens (tertiary/aromatic N) is 4. The Balaban J connectivity index is 1.52. The molecular weight excluding hydrogens is 365 g/mol.